The molecule has 14 heavy (non-hydrogen) atoms. The number of rotatable bonds is 0. The van der Waals surface area contributed by atoms with Crippen molar-refractivity contribution in [1.82, 2.24) is 0 Å². The van der Waals surface area contributed by atoms with E-state index in [0.29, 0.717) is 0 Å². The zero-order valence-corrected chi connectivity index (χ0v) is 9.54. The predicted molar refractivity (Wildman–Crippen MR) is 48.9 cm³/mol. The third-order valence-corrected chi connectivity index (χ3v) is 0.878. The van der Waals surface area contributed by atoms with Gasteiger partial charge in [-0.1, -0.05) is 36.5 Å². The van der Waals surface area contributed by atoms with Crippen molar-refractivity contribution in [1.29, 1.82) is 0 Å². The monoisotopic (exact) mass is 277 g/mol. The molecule has 1 aliphatic rings. The molecule has 3 nitrogen and oxygen atoms in total. The first-order valence-electron chi connectivity index (χ1n) is 3.19. The fourth-order valence-electron chi connectivity index (χ4n) is 0.521. The van der Waals surface area contributed by atoms with Gasteiger partial charge in [-0.2, -0.15) is 0 Å². The SMILES string of the molecule is C#[O+].C#[O+].C#[O+].C1=CC=CCC=C1.[Mo]. The number of allylic oxidation sites excluding steroid dienone is 6. The van der Waals surface area contributed by atoms with Gasteiger partial charge in [0.25, 0.3) is 0 Å². The molecule has 0 aromatic heterocycles. The van der Waals surface area contributed by atoms with E-state index < -0.39 is 0 Å². The van der Waals surface area contributed by atoms with Crippen LogP contribution in [0.15, 0.2) is 36.5 Å². The van der Waals surface area contributed by atoms with Crippen molar-refractivity contribution in [3.05, 3.63) is 36.5 Å². The standard InChI is InChI=1S/C7H8.3CHO.Mo/c1-2-4-6-7-5-3-1;3*1-2;/h1-6H,7H2;3*1H;/q;3*+1;. The third kappa shape index (κ3) is 30.4. The fourth-order valence-corrected chi connectivity index (χ4v) is 0.521. The van der Waals surface area contributed by atoms with Crippen LogP contribution >= 0.6 is 0 Å². The molecule has 0 saturated carbocycles. The molecule has 4 heteroatoms. The summed E-state index contributed by atoms with van der Waals surface area (Å²) in [5.74, 6) is 0. The van der Waals surface area contributed by atoms with Gasteiger partial charge in [0.05, 0.1) is 0 Å². The number of hydrogen-bond donors (Lipinski definition) is 0. The molecular weight excluding hydrogens is 264 g/mol. The summed E-state index contributed by atoms with van der Waals surface area (Å²) in [6.07, 6.45) is 13.5. The molecule has 1 aliphatic carbocycles. The van der Waals surface area contributed by atoms with Gasteiger partial charge in [0.15, 0.2) is 0 Å². The Balaban J connectivity index is -0.0000000625. The predicted octanol–water partition coefficient (Wildman–Crippen LogP) is 2.07. The van der Waals surface area contributed by atoms with Crippen LogP contribution in [-0.2, 0) is 35.0 Å². The van der Waals surface area contributed by atoms with E-state index in [1.165, 1.54) is 0 Å². The molecule has 0 amide bonds. The second kappa shape index (κ2) is 40.0. The van der Waals surface area contributed by atoms with Crippen LogP contribution in [0.25, 0.3) is 0 Å². The first-order valence-corrected chi connectivity index (χ1v) is 3.19. The van der Waals surface area contributed by atoms with Gasteiger partial charge < -0.3 is 0 Å². The summed E-state index contributed by atoms with van der Waals surface area (Å²) in [5, 5.41) is 0. The van der Waals surface area contributed by atoms with Gasteiger partial charge in [0, 0.05) is 21.1 Å². The first kappa shape index (κ1) is 23.2. The molecule has 0 radical (unpaired) electrons. The van der Waals surface area contributed by atoms with Crippen molar-refractivity contribution in [2.24, 2.45) is 0 Å². The van der Waals surface area contributed by atoms with Gasteiger partial charge in [-0.25, -0.2) is 0 Å². The normalized spacial score (nSPS) is 9.00. The minimum absolute atomic E-state index is 0. The van der Waals surface area contributed by atoms with Gasteiger partial charge in [0.2, 0.25) is 0 Å². The second-order valence-electron chi connectivity index (χ2n) is 1.48. The van der Waals surface area contributed by atoms with Crippen molar-refractivity contribution in [3.63, 3.8) is 0 Å². The van der Waals surface area contributed by atoms with Crippen LogP contribution in [0.3, 0.4) is 0 Å². The summed E-state index contributed by atoms with van der Waals surface area (Å²) in [5.41, 5.74) is 0. The minimum Gasteiger partial charge on any atom is -0.0807 e. The molecule has 0 saturated heterocycles. The van der Waals surface area contributed by atoms with Crippen molar-refractivity contribution >= 4 is 0 Å². The molecule has 0 atom stereocenters. The molecular formula is C10H11MoO3+3. The first-order chi connectivity index (χ1) is 6.50. The van der Waals surface area contributed by atoms with E-state index in [-0.39, 0.29) is 21.1 Å². The summed E-state index contributed by atoms with van der Waals surface area (Å²) in [6.45, 7) is 9.75. The molecule has 0 heterocycles. The maximum absolute atomic E-state index is 7.75. The Hall–Kier alpha value is -0.872. The van der Waals surface area contributed by atoms with Crippen LogP contribution < -0.4 is 0 Å². The van der Waals surface area contributed by atoms with E-state index in [9.17, 15) is 0 Å². The fraction of sp³-hybridized carbons (Fsp3) is 0.100. The van der Waals surface area contributed by atoms with E-state index in [1.54, 1.807) is 0 Å². The smallest absolute Gasteiger partial charge is 0 e. The Kier molecular flexibility index (Phi) is 66.2. The maximum Gasteiger partial charge on any atom is 0 e. The molecule has 0 unspecified atom stereocenters. The minimum atomic E-state index is 0. The van der Waals surface area contributed by atoms with E-state index in [0.717, 1.165) is 6.42 Å². The molecule has 0 N–H and O–H groups in total. The Morgan fingerprint density at radius 1 is 0.643 bits per heavy atom. The molecule has 0 spiro atoms. The summed E-state index contributed by atoms with van der Waals surface area (Å²) < 4.78 is 23.2. The number of hydrogen-bond acceptors (Lipinski definition) is 0. The van der Waals surface area contributed by atoms with E-state index in [1.807, 2.05) is 12.2 Å². The van der Waals surface area contributed by atoms with Crippen molar-refractivity contribution in [3.8, 4) is 20.0 Å². The van der Waals surface area contributed by atoms with Crippen LogP contribution in [-0.4, -0.2) is 0 Å². The quantitative estimate of drug-likeness (QED) is 0.480. The average molecular weight is 275 g/mol. The Morgan fingerprint density at radius 3 is 1.21 bits per heavy atom. The van der Waals surface area contributed by atoms with Crippen LogP contribution in [0, 0.1) is 20.0 Å². The Bertz CT molecular complexity index is 193. The van der Waals surface area contributed by atoms with E-state index >= 15 is 0 Å². The largest absolute Gasteiger partial charge is 0.0807 e. The summed E-state index contributed by atoms with van der Waals surface area (Å²) in [4.78, 5) is 0. The maximum atomic E-state index is 7.75. The third-order valence-electron chi connectivity index (χ3n) is 0.878. The van der Waals surface area contributed by atoms with Crippen LogP contribution in [0.5, 0.6) is 0 Å². The van der Waals surface area contributed by atoms with E-state index in [4.69, 9.17) is 14.0 Å². The average Bonchev–Trinajstić information content (AvgIpc) is 2.58. The Labute approximate surface area is 98.0 Å². The van der Waals surface area contributed by atoms with Crippen molar-refractivity contribution in [2.45, 2.75) is 6.42 Å². The van der Waals surface area contributed by atoms with Gasteiger partial charge in [0.1, 0.15) is 0 Å². The van der Waals surface area contributed by atoms with Crippen LogP contribution in [0.2, 0.25) is 0 Å². The van der Waals surface area contributed by atoms with Gasteiger partial charge in [-0.3, -0.25) is 0 Å². The van der Waals surface area contributed by atoms with Crippen LogP contribution in [0.1, 0.15) is 6.42 Å². The Morgan fingerprint density at radius 2 is 0.929 bits per heavy atom. The summed E-state index contributed by atoms with van der Waals surface area (Å²) >= 11 is 0. The zero-order chi connectivity index (χ0) is 10.9. The summed E-state index contributed by atoms with van der Waals surface area (Å²) in [6, 6.07) is 0. The summed E-state index contributed by atoms with van der Waals surface area (Å²) in [7, 11) is 0. The van der Waals surface area contributed by atoms with Crippen molar-refractivity contribution in [2.75, 3.05) is 0 Å². The second-order valence-corrected chi connectivity index (χ2v) is 1.48. The zero-order valence-electron chi connectivity index (χ0n) is 7.54. The molecule has 72 valence electrons. The molecule has 0 fully saturated rings. The molecule has 1 rings (SSSR count). The van der Waals surface area contributed by atoms with Crippen molar-refractivity contribution < 1.29 is 35.0 Å². The van der Waals surface area contributed by atoms with E-state index in [2.05, 4.69) is 44.3 Å². The molecule has 0 bridgehead atoms. The molecule has 0 aromatic rings. The van der Waals surface area contributed by atoms with Gasteiger partial charge in [-0.15, -0.1) is 0 Å². The van der Waals surface area contributed by atoms with Crippen LogP contribution in [0.4, 0.5) is 0 Å². The van der Waals surface area contributed by atoms with Gasteiger partial charge in [-0.05, 0) is 6.42 Å². The molecule has 0 aliphatic heterocycles. The van der Waals surface area contributed by atoms with Gasteiger partial charge >= 0.3 is 33.9 Å². The molecule has 0 aromatic carbocycles. The topological polar surface area (TPSA) is 59.7 Å².